The highest BCUT2D eigenvalue weighted by molar-refractivity contribution is 7.35. The van der Waals surface area contributed by atoms with E-state index in [-0.39, 0.29) is 5.78 Å². The number of nitrogens with one attached hydrogen (secondary N) is 1. The van der Waals surface area contributed by atoms with Crippen molar-refractivity contribution in [3.8, 4) is 0 Å². The van der Waals surface area contributed by atoms with Gasteiger partial charge in [0.2, 0.25) is 0 Å². The highest BCUT2D eigenvalue weighted by atomic mass is 31.1. The van der Waals surface area contributed by atoms with E-state index in [0.29, 0.717) is 6.42 Å². The third-order valence-corrected chi connectivity index (χ3v) is 3.71. The minimum Gasteiger partial charge on any atom is -0.370 e. The smallest absolute Gasteiger partial charge is 0.130 e. The maximum atomic E-state index is 10.7. The van der Waals surface area contributed by atoms with Crippen molar-refractivity contribution >= 4 is 14.5 Å². The van der Waals surface area contributed by atoms with Crippen molar-refractivity contribution in [1.82, 2.24) is 5.09 Å². The van der Waals surface area contributed by atoms with Crippen LogP contribution < -0.4 is 5.09 Å². The van der Waals surface area contributed by atoms with Gasteiger partial charge >= 0.3 is 0 Å². The number of ketones is 1. The number of rotatable bonds is 9. The van der Waals surface area contributed by atoms with E-state index < -0.39 is 0 Å². The minimum absolute atomic E-state index is 0.237. The Morgan fingerprint density at radius 2 is 2.13 bits per heavy atom. The third kappa shape index (κ3) is 9.93. The van der Waals surface area contributed by atoms with Gasteiger partial charge in [-0.1, -0.05) is 33.3 Å². The lowest BCUT2D eigenvalue weighted by molar-refractivity contribution is -0.116. The average molecular weight is 229 g/mol. The van der Waals surface area contributed by atoms with E-state index in [0.717, 1.165) is 26.8 Å². The van der Waals surface area contributed by atoms with Gasteiger partial charge < -0.3 is 9.88 Å². The Kier molecular flexibility index (Phi) is 8.70. The summed E-state index contributed by atoms with van der Waals surface area (Å²) in [6.45, 7) is 10.0. The Bertz CT molecular complexity index is 204. The fraction of sp³-hybridized carbons (Fsp3) is 0.750. The maximum Gasteiger partial charge on any atom is 0.130 e. The van der Waals surface area contributed by atoms with Crippen LogP contribution >= 0.6 is 8.73 Å². The van der Waals surface area contributed by atoms with E-state index in [4.69, 9.17) is 0 Å². The number of Topliss-reactive ketones (excluding diaryl/α,β-unsaturated/α-hetero) is 1. The van der Waals surface area contributed by atoms with Crippen molar-refractivity contribution in [2.24, 2.45) is 5.92 Å². The SMILES string of the molecule is C=C(CCC(C)=O)NPCC(C)CCC. The molecule has 0 amide bonds. The van der Waals surface area contributed by atoms with E-state index in [9.17, 15) is 4.79 Å². The van der Waals surface area contributed by atoms with Gasteiger partial charge in [0.05, 0.1) is 0 Å². The number of allylic oxidation sites excluding steroid dienone is 1. The Balaban J connectivity index is 3.42. The normalized spacial score (nSPS) is 13.0. The third-order valence-electron chi connectivity index (χ3n) is 2.28. The molecule has 2 nitrogen and oxygen atoms in total. The van der Waals surface area contributed by atoms with Crippen LogP contribution in [-0.4, -0.2) is 11.9 Å². The number of carbonyl (C=O) groups excluding carboxylic acids is 1. The molecule has 0 saturated heterocycles. The predicted octanol–water partition coefficient (Wildman–Crippen LogP) is 3.49. The molecule has 0 aromatic rings. The molecule has 2 unspecified atom stereocenters. The van der Waals surface area contributed by atoms with E-state index in [1.54, 1.807) is 6.92 Å². The molecule has 88 valence electrons. The molecule has 15 heavy (non-hydrogen) atoms. The molecule has 0 aromatic heterocycles. The minimum atomic E-state index is 0.237. The largest absolute Gasteiger partial charge is 0.370 e. The van der Waals surface area contributed by atoms with Gasteiger partial charge in [-0.25, -0.2) is 0 Å². The topological polar surface area (TPSA) is 29.1 Å². The van der Waals surface area contributed by atoms with Crippen LogP contribution in [0, 0.1) is 5.92 Å². The van der Waals surface area contributed by atoms with Crippen LogP contribution in [0.5, 0.6) is 0 Å². The summed E-state index contributed by atoms with van der Waals surface area (Å²) in [6.07, 6.45) is 5.17. The average Bonchev–Trinajstić information content (AvgIpc) is 2.15. The molecule has 0 fully saturated rings. The number of hydrogen-bond donors (Lipinski definition) is 1. The van der Waals surface area contributed by atoms with Crippen molar-refractivity contribution in [2.75, 3.05) is 6.16 Å². The molecular formula is C12H24NOP. The first kappa shape index (κ1) is 14.6. The lowest BCUT2D eigenvalue weighted by Gasteiger charge is -2.12. The second-order valence-electron chi connectivity index (χ2n) is 4.21. The van der Waals surface area contributed by atoms with Crippen LogP contribution in [0.3, 0.4) is 0 Å². The van der Waals surface area contributed by atoms with Crippen molar-refractivity contribution < 1.29 is 4.79 Å². The molecule has 2 atom stereocenters. The standard InChI is InChI=1S/C12H24NOP/c1-5-6-10(2)9-15-13-11(3)7-8-12(4)14/h10,13,15H,3,5-9H2,1-2,4H3. The Hall–Kier alpha value is -0.360. The first-order valence-electron chi connectivity index (χ1n) is 5.72. The molecule has 0 bridgehead atoms. The van der Waals surface area contributed by atoms with Gasteiger partial charge in [-0.05, 0) is 34.2 Å². The van der Waals surface area contributed by atoms with E-state index >= 15 is 0 Å². The molecule has 3 heteroatoms. The number of carbonyl (C=O) groups is 1. The molecular weight excluding hydrogens is 205 g/mol. The van der Waals surface area contributed by atoms with Crippen LogP contribution in [0.25, 0.3) is 0 Å². The van der Waals surface area contributed by atoms with Crippen molar-refractivity contribution in [3.63, 3.8) is 0 Å². The van der Waals surface area contributed by atoms with Gasteiger partial charge in [-0.2, -0.15) is 0 Å². The van der Waals surface area contributed by atoms with E-state index in [1.165, 1.54) is 19.0 Å². The molecule has 0 rings (SSSR count). The summed E-state index contributed by atoms with van der Waals surface area (Å²) in [5.74, 6) is 1.03. The quantitative estimate of drug-likeness (QED) is 0.613. The summed E-state index contributed by atoms with van der Waals surface area (Å²) in [7, 11) is 0.745. The van der Waals surface area contributed by atoms with Gasteiger partial charge in [-0.15, -0.1) is 0 Å². The van der Waals surface area contributed by atoms with Gasteiger partial charge in [-0.3, -0.25) is 0 Å². The van der Waals surface area contributed by atoms with E-state index in [1.807, 2.05) is 0 Å². The predicted molar refractivity (Wildman–Crippen MR) is 69.4 cm³/mol. The monoisotopic (exact) mass is 229 g/mol. The fourth-order valence-corrected chi connectivity index (χ4v) is 2.36. The zero-order chi connectivity index (χ0) is 11.7. The summed E-state index contributed by atoms with van der Waals surface area (Å²) in [5, 5.41) is 3.31. The molecule has 0 aromatic carbocycles. The lowest BCUT2D eigenvalue weighted by atomic mass is 10.1. The number of hydrogen-bond acceptors (Lipinski definition) is 2. The maximum absolute atomic E-state index is 10.7. The van der Waals surface area contributed by atoms with Crippen molar-refractivity contribution in [2.45, 2.75) is 46.5 Å². The molecule has 0 spiro atoms. The van der Waals surface area contributed by atoms with Crippen LogP contribution in [0.4, 0.5) is 0 Å². The van der Waals surface area contributed by atoms with Crippen LogP contribution in [0.1, 0.15) is 46.5 Å². The van der Waals surface area contributed by atoms with Gasteiger partial charge in [0.25, 0.3) is 0 Å². The fourth-order valence-electron chi connectivity index (χ4n) is 1.33. The summed E-state index contributed by atoms with van der Waals surface area (Å²) in [6, 6.07) is 0. The Labute approximate surface area is 95.7 Å². The zero-order valence-corrected chi connectivity index (χ0v) is 11.2. The summed E-state index contributed by atoms with van der Waals surface area (Å²) < 4.78 is 0. The first-order chi connectivity index (χ1) is 7.06. The zero-order valence-electron chi connectivity index (χ0n) is 10.2. The van der Waals surface area contributed by atoms with Crippen LogP contribution in [0.2, 0.25) is 0 Å². The molecule has 0 radical (unpaired) electrons. The summed E-state index contributed by atoms with van der Waals surface area (Å²) >= 11 is 0. The highest BCUT2D eigenvalue weighted by Gasteiger charge is 2.01. The second kappa shape index (κ2) is 8.91. The van der Waals surface area contributed by atoms with Gasteiger partial charge in [0, 0.05) is 12.1 Å². The summed E-state index contributed by atoms with van der Waals surface area (Å²) in [4.78, 5) is 10.7. The molecule has 0 heterocycles. The van der Waals surface area contributed by atoms with Gasteiger partial charge in [0.15, 0.2) is 0 Å². The highest BCUT2D eigenvalue weighted by Crippen LogP contribution is 2.17. The molecule has 1 N–H and O–H groups in total. The Morgan fingerprint density at radius 1 is 1.47 bits per heavy atom. The lowest BCUT2D eigenvalue weighted by Crippen LogP contribution is -2.06. The van der Waals surface area contributed by atoms with Crippen molar-refractivity contribution in [1.29, 1.82) is 0 Å². The van der Waals surface area contributed by atoms with Crippen LogP contribution in [0.15, 0.2) is 12.3 Å². The van der Waals surface area contributed by atoms with Gasteiger partial charge in [0.1, 0.15) is 5.78 Å². The molecule has 0 aliphatic carbocycles. The first-order valence-corrected chi connectivity index (χ1v) is 6.93. The molecule has 0 aliphatic heterocycles. The van der Waals surface area contributed by atoms with Crippen molar-refractivity contribution in [3.05, 3.63) is 12.3 Å². The Morgan fingerprint density at radius 3 is 2.67 bits per heavy atom. The van der Waals surface area contributed by atoms with Crippen LogP contribution in [-0.2, 0) is 4.79 Å². The second-order valence-corrected chi connectivity index (χ2v) is 5.22. The molecule has 0 aliphatic rings. The van der Waals surface area contributed by atoms with E-state index in [2.05, 4.69) is 25.5 Å². The molecule has 0 saturated carbocycles. The summed E-state index contributed by atoms with van der Waals surface area (Å²) in [5.41, 5.74) is 1.01.